The Kier molecular flexibility index (Phi) is 5.72. The molecule has 1 aromatic heterocycles. The number of rotatable bonds is 6. The molecule has 2 aromatic carbocycles. The van der Waals surface area contributed by atoms with Gasteiger partial charge in [0.1, 0.15) is 0 Å². The van der Waals surface area contributed by atoms with Crippen LogP contribution < -0.4 is 14.8 Å². The fourth-order valence-electron chi connectivity index (χ4n) is 2.72. The highest BCUT2D eigenvalue weighted by molar-refractivity contribution is 7.99. The van der Waals surface area contributed by atoms with Crippen molar-refractivity contribution in [3.63, 3.8) is 0 Å². The molecule has 1 aliphatic heterocycles. The van der Waals surface area contributed by atoms with Crippen LogP contribution in [-0.4, -0.2) is 45.1 Å². The van der Waals surface area contributed by atoms with E-state index in [1.54, 1.807) is 16.8 Å². The van der Waals surface area contributed by atoms with E-state index in [4.69, 9.17) is 9.47 Å². The lowest BCUT2D eigenvalue weighted by Crippen LogP contribution is -2.15. The summed E-state index contributed by atoms with van der Waals surface area (Å²) in [4.78, 5) is 12.3. The Morgan fingerprint density at radius 1 is 1.11 bits per heavy atom. The van der Waals surface area contributed by atoms with E-state index >= 15 is 0 Å². The normalized spacial score (nSPS) is 13.0. The number of benzene rings is 2. The number of nitrogens with zero attached hydrogens (tertiary/aromatic N) is 4. The van der Waals surface area contributed by atoms with E-state index in [0.717, 1.165) is 12.0 Å². The van der Waals surface area contributed by atoms with Crippen LogP contribution in [-0.2, 0) is 11.3 Å². The van der Waals surface area contributed by atoms with Crippen molar-refractivity contribution < 1.29 is 14.3 Å². The van der Waals surface area contributed by atoms with Gasteiger partial charge in [-0.15, -0.1) is 5.10 Å². The third kappa shape index (κ3) is 4.61. The van der Waals surface area contributed by atoms with Gasteiger partial charge in [-0.3, -0.25) is 4.79 Å². The summed E-state index contributed by atoms with van der Waals surface area (Å²) in [6.45, 7) is 1.79. The van der Waals surface area contributed by atoms with Crippen LogP contribution in [0.4, 0.5) is 5.69 Å². The minimum absolute atomic E-state index is 0.145. The number of amides is 1. The van der Waals surface area contributed by atoms with Gasteiger partial charge in [-0.2, -0.15) is 0 Å². The van der Waals surface area contributed by atoms with Crippen LogP contribution in [0, 0.1) is 0 Å². The number of fused-ring (bicyclic) bond motifs is 1. The molecule has 0 atom stereocenters. The molecular weight excluding hydrogens is 378 g/mol. The lowest BCUT2D eigenvalue weighted by Gasteiger charge is -2.10. The topological polar surface area (TPSA) is 91.2 Å². The molecule has 0 spiro atoms. The molecular formula is C19H19N5O3S. The van der Waals surface area contributed by atoms with E-state index in [1.807, 2.05) is 36.4 Å². The summed E-state index contributed by atoms with van der Waals surface area (Å²) < 4.78 is 12.9. The molecule has 4 rings (SSSR count). The third-order valence-corrected chi connectivity index (χ3v) is 4.99. The van der Waals surface area contributed by atoms with Gasteiger partial charge in [-0.05, 0) is 28.1 Å². The number of hydrogen-bond donors (Lipinski definition) is 1. The third-order valence-electron chi connectivity index (χ3n) is 4.04. The SMILES string of the molecule is O=C(CSc1nnnn1Cc1ccccc1)Nc1ccc2c(c1)OCCCO2. The first-order chi connectivity index (χ1) is 13.8. The number of carbonyl (C=O) groups excluding carboxylic acids is 1. The van der Waals surface area contributed by atoms with E-state index in [2.05, 4.69) is 20.8 Å². The molecule has 1 amide bonds. The Bertz CT molecular complexity index is 948. The number of tetrazole rings is 1. The zero-order chi connectivity index (χ0) is 19.2. The summed E-state index contributed by atoms with van der Waals surface area (Å²) in [5, 5.41) is 15.2. The molecule has 3 aromatic rings. The molecule has 0 bridgehead atoms. The van der Waals surface area contributed by atoms with E-state index in [1.165, 1.54) is 11.8 Å². The second-order valence-corrected chi connectivity index (χ2v) is 7.10. The van der Waals surface area contributed by atoms with Gasteiger partial charge in [-0.1, -0.05) is 42.1 Å². The molecule has 0 fully saturated rings. The average molecular weight is 397 g/mol. The van der Waals surface area contributed by atoms with Gasteiger partial charge in [-0.25, -0.2) is 4.68 Å². The minimum Gasteiger partial charge on any atom is -0.490 e. The first-order valence-corrected chi connectivity index (χ1v) is 9.89. The number of aromatic nitrogens is 4. The van der Waals surface area contributed by atoms with E-state index in [9.17, 15) is 4.79 Å². The fraction of sp³-hybridized carbons (Fsp3) is 0.263. The average Bonchev–Trinajstić information content (AvgIpc) is 3.01. The van der Waals surface area contributed by atoms with Crippen molar-refractivity contribution in [1.82, 2.24) is 20.2 Å². The van der Waals surface area contributed by atoms with Crippen molar-refractivity contribution in [3.05, 3.63) is 54.1 Å². The van der Waals surface area contributed by atoms with E-state index in [0.29, 0.717) is 42.1 Å². The Hall–Kier alpha value is -3.07. The molecule has 2 heterocycles. The molecule has 0 aliphatic carbocycles. The molecule has 1 aliphatic rings. The Morgan fingerprint density at radius 2 is 1.93 bits per heavy atom. The summed E-state index contributed by atoms with van der Waals surface area (Å²) >= 11 is 1.29. The van der Waals surface area contributed by atoms with Crippen LogP contribution in [0.5, 0.6) is 11.5 Å². The zero-order valence-electron chi connectivity index (χ0n) is 15.1. The van der Waals surface area contributed by atoms with Crippen molar-refractivity contribution in [2.24, 2.45) is 0 Å². The van der Waals surface area contributed by atoms with Gasteiger partial charge in [0.2, 0.25) is 11.1 Å². The van der Waals surface area contributed by atoms with Gasteiger partial charge in [0.15, 0.2) is 11.5 Å². The second kappa shape index (κ2) is 8.75. The van der Waals surface area contributed by atoms with Crippen molar-refractivity contribution >= 4 is 23.4 Å². The van der Waals surface area contributed by atoms with Crippen LogP contribution >= 0.6 is 11.8 Å². The maximum atomic E-state index is 12.3. The van der Waals surface area contributed by atoms with Crippen LogP contribution in [0.2, 0.25) is 0 Å². The van der Waals surface area contributed by atoms with Crippen LogP contribution in [0.3, 0.4) is 0 Å². The standard InChI is InChI=1S/C19H19N5O3S/c25-18(20-15-7-8-16-17(11-15)27-10-4-9-26-16)13-28-19-21-22-23-24(19)12-14-5-2-1-3-6-14/h1-3,5-8,11H,4,9-10,12-13H2,(H,20,25). The minimum atomic E-state index is -0.145. The number of nitrogens with one attached hydrogen (secondary N) is 1. The smallest absolute Gasteiger partial charge is 0.234 e. The number of carbonyl (C=O) groups is 1. The molecule has 0 saturated heterocycles. The lowest BCUT2D eigenvalue weighted by atomic mass is 10.2. The second-order valence-electron chi connectivity index (χ2n) is 6.15. The monoisotopic (exact) mass is 397 g/mol. The van der Waals surface area contributed by atoms with Gasteiger partial charge in [0, 0.05) is 18.2 Å². The molecule has 144 valence electrons. The molecule has 0 radical (unpaired) electrons. The quantitative estimate of drug-likeness (QED) is 0.639. The van der Waals surface area contributed by atoms with Crippen LogP contribution in [0.25, 0.3) is 0 Å². The predicted octanol–water partition coefficient (Wildman–Crippen LogP) is 2.61. The maximum absolute atomic E-state index is 12.3. The van der Waals surface area contributed by atoms with Gasteiger partial charge in [0.25, 0.3) is 0 Å². The molecule has 8 nitrogen and oxygen atoms in total. The Labute approximate surface area is 166 Å². The van der Waals surface area contributed by atoms with Gasteiger partial charge < -0.3 is 14.8 Å². The highest BCUT2D eigenvalue weighted by Crippen LogP contribution is 2.32. The predicted molar refractivity (Wildman–Crippen MR) is 105 cm³/mol. The number of thioether (sulfide) groups is 1. The van der Waals surface area contributed by atoms with Crippen molar-refractivity contribution in [1.29, 1.82) is 0 Å². The van der Waals surface area contributed by atoms with Crippen LogP contribution in [0.1, 0.15) is 12.0 Å². The number of anilines is 1. The molecule has 28 heavy (non-hydrogen) atoms. The summed E-state index contributed by atoms with van der Waals surface area (Å²) in [6, 6.07) is 15.3. The molecule has 1 N–H and O–H groups in total. The summed E-state index contributed by atoms with van der Waals surface area (Å²) in [6.07, 6.45) is 0.838. The summed E-state index contributed by atoms with van der Waals surface area (Å²) in [7, 11) is 0. The highest BCUT2D eigenvalue weighted by atomic mass is 32.2. The van der Waals surface area contributed by atoms with E-state index in [-0.39, 0.29) is 11.7 Å². The van der Waals surface area contributed by atoms with Gasteiger partial charge in [0.05, 0.1) is 25.5 Å². The van der Waals surface area contributed by atoms with Crippen molar-refractivity contribution in [3.8, 4) is 11.5 Å². The number of ether oxygens (including phenoxy) is 2. The fourth-order valence-corrected chi connectivity index (χ4v) is 3.40. The van der Waals surface area contributed by atoms with E-state index < -0.39 is 0 Å². The van der Waals surface area contributed by atoms with Gasteiger partial charge >= 0.3 is 0 Å². The molecule has 0 unspecified atom stereocenters. The first kappa shape index (κ1) is 18.3. The zero-order valence-corrected chi connectivity index (χ0v) is 15.9. The lowest BCUT2D eigenvalue weighted by molar-refractivity contribution is -0.113. The Morgan fingerprint density at radius 3 is 2.79 bits per heavy atom. The van der Waals surface area contributed by atoms with Crippen molar-refractivity contribution in [2.75, 3.05) is 24.3 Å². The summed E-state index contributed by atoms with van der Waals surface area (Å²) in [5.74, 6) is 1.40. The van der Waals surface area contributed by atoms with Crippen LogP contribution in [0.15, 0.2) is 53.7 Å². The molecule has 0 saturated carbocycles. The summed E-state index contributed by atoms with van der Waals surface area (Å²) in [5.41, 5.74) is 1.76. The molecule has 9 heteroatoms. The largest absolute Gasteiger partial charge is 0.490 e. The highest BCUT2D eigenvalue weighted by Gasteiger charge is 2.14. The Balaban J connectivity index is 1.34. The van der Waals surface area contributed by atoms with Crippen molar-refractivity contribution in [2.45, 2.75) is 18.1 Å². The first-order valence-electron chi connectivity index (χ1n) is 8.90. The number of hydrogen-bond acceptors (Lipinski definition) is 7. The maximum Gasteiger partial charge on any atom is 0.234 e.